The first kappa shape index (κ1) is 33.4. The number of aliphatic hydroxyl groups excluding tert-OH is 1. The Morgan fingerprint density at radius 1 is 1.16 bits per heavy atom. The highest BCUT2D eigenvalue weighted by Crippen LogP contribution is 2.39. The zero-order valence-electron chi connectivity index (χ0n) is 23.8. The third kappa shape index (κ3) is 8.38. The van der Waals surface area contributed by atoms with Crippen LogP contribution in [-0.2, 0) is 29.5 Å². The minimum atomic E-state index is -3.79. The first-order chi connectivity index (χ1) is 20.4. The zero-order valence-corrected chi connectivity index (χ0v) is 27.0. The van der Waals surface area contributed by atoms with E-state index in [1.54, 1.807) is 25.1 Å². The fourth-order valence-corrected chi connectivity index (χ4v) is 7.62. The quantitative estimate of drug-likeness (QED) is 0.298. The van der Waals surface area contributed by atoms with Gasteiger partial charge < -0.3 is 29.4 Å². The number of nitrogens with one attached hydrogen (secondary N) is 2. The molecule has 13 nitrogen and oxygen atoms in total. The number of hydrogen-bond donors (Lipinski definition) is 3. The summed E-state index contributed by atoms with van der Waals surface area (Å²) < 4.78 is 77.5. The van der Waals surface area contributed by atoms with E-state index in [4.69, 9.17) is 18.9 Å². The van der Waals surface area contributed by atoms with Gasteiger partial charge in [0, 0.05) is 30.0 Å². The van der Waals surface area contributed by atoms with Crippen LogP contribution in [0.25, 0.3) is 0 Å². The van der Waals surface area contributed by atoms with Crippen molar-refractivity contribution >= 4 is 42.1 Å². The number of piperidine rings is 1. The smallest absolute Gasteiger partial charge is 0.407 e. The molecule has 0 aliphatic carbocycles. The lowest BCUT2D eigenvalue weighted by molar-refractivity contribution is -0.0325. The van der Waals surface area contributed by atoms with Crippen LogP contribution < -0.4 is 19.5 Å². The number of amides is 1. The van der Waals surface area contributed by atoms with Gasteiger partial charge in [0.25, 0.3) is 0 Å². The van der Waals surface area contributed by atoms with E-state index in [1.807, 2.05) is 0 Å². The van der Waals surface area contributed by atoms with Crippen LogP contribution in [-0.4, -0.2) is 96.7 Å². The molecule has 0 radical (unpaired) electrons. The lowest BCUT2D eigenvalue weighted by Gasteiger charge is -2.37. The standard InChI is InChI=1S/C27H36BrN3O10S2/c1-3-38-24-13-19(28)7-8-25(24)43(36,37)31-11-9-27(10-12-31)15-22(18-40-27)41-26(33)30-16-20(32)17-39-21-5-4-6-23(14-21)42(34,35)29-2/h4-8,13-14,20,22,29,32H,3,9-12,15-18H2,1-2H3,(H,30,33)/t20?,22-/m0/s1. The molecule has 2 fully saturated rings. The number of hydrogen-bond acceptors (Lipinski definition) is 10. The monoisotopic (exact) mass is 705 g/mol. The van der Waals surface area contributed by atoms with Crippen LogP contribution in [0.2, 0.25) is 0 Å². The van der Waals surface area contributed by atoms with E-state index in [2.05, 4.69) is 26.0 Å². The normalized spacial score (nSPS) is 19.6. The third-order valence-electron chi connectivity index (χ3n) is 7.21. The van der Waals surface area contributed by atoms with Crippen molar-refractivity contribution in [1.29, 1.82) is 0 Å². The molecule has 16 heteroatoms. The average Bonchev–Trinajstić information content (AvgIpc) is 3.36. The van der Waals surface area contributed by atoms with Crippen LogP contribution in [0.1, 0.15) is 26.2 Å². The first-order valence-corrected chi connectivity index (χ1v) is 17.4. The molecule has 0 aromatic heterocycles. The summed E-state index contributed by atoms with van der Waals surface area (Å²) >= 11 is 3.35. The molecule has 2 aromatic rings. The molecule has 43 heavy (non-hydrogen) atoms. The minimum absolute atomic E-state index is 0.0212. The van der Waals surface area contributed by atoms with Gasteiger partial charge in [0.2, 0.25) is 20.0 Å². The average molecular weight is 707 g/mol. The Bertz CT molecular complexity index is 1500. The van der Waals surface area contributed by atoms with E-state index < -0.39 is 43.9 Å². The second-order valence-electron chi connectivity index (χ2n) is 10.2. The van der Waals surface area contributed by atoms with Gasteiger partial charge >= 0.3 is 6.09 Å². The maximum absolute atomic E-state index is 13.4. The van der Waals surface area contributed by atoms with Gasteiger partial charge in [-0.25, -0.2) is 26.4 Å². The van der Waals surface area contributed by atoms with Crippen LogP contribution in [0.4, 0.5) is 4.79 Å². The lowest BCUT2D eigenvalue weighted by atomic mass is 9.89. The number of ether oxygens (including phenoxy) is 4. The maximum Gasteiger partial charge on any atom is 0.407 e. The molecule has 0 bridgehead atoms. The molecule has 238 valence electrons. The van der Waals surface area contributed by atoms with Crippen molar-refractivity contribution in [3.8, 4) is 11.5 Å². The number of rotatable bonds is 12. The predicted octanol–water partition coefficient (Wildman–Crippen LogP) is 2.23. The van der Waals surface area contributed by atoms with Crippen molar-refractivity contribution in [2.24, 2.45) is 0 Å². The topological polar surface area (TPSA) is 170 Å². The molecule has 4 rings (SSSR count). The Hall–Kier alpha value is -2.47. The van der Waals surface area contributed by atoms with Gasteiger partial charge in [0.1, 0.15) is 35.2 Å². The van der Waals surface area contributed by atoms with Gasteiger partial charge in [-0.15, -0.1) is 0 Å². The van der Waals surface area contributed by atoms with Crippen molar-refractivity contribution < 1.29 is 45.7 Å². The molecule has 1 spiro atoms. The molecular formula is C27H36BrN3O10S2. The predicted molar refractivity (Wildman–Crippen MR) is 159 cm³/mol. The Balaban J connectivity index is 1.22. The summed E-state index contributed by atoms with van der Waals surface area (Å²) in [7, 11) is -6.12. The van der Waals surface area contributed by atoms with E-state index >= 15 is 0 Å². The highest BCUT2D eigenvalue weighted by molar-refractivity contribution is 9.10. The van der Waals surface area contributed by atoms with Crippen molar-refractivity contribution in [2.75, 3.05) is 46.5 Å². The molecule has 2 saturated heterocycles. The first-order valence-electron chi connectivity index (χ1n) is 13.7. The Kier molecular flexibility index (Phi) is 11.0. The van der Waals surface area contributed by atoms with Gasteiger partial charge in [0.05, 0.1) is 30.3 Å². The second-order valence-corrected chi connectivity index (χ2v) is 14.9. The van der Waals surface area contributed by atoms with Crippen molar-refractivity contribution in [1.82, 2.24) is 14.3 Å². The number of carbonyl (C=O) groups is 1. The van der Waals surface area contributed by atoms with E-state index in [0.29, 0.717) is 31.6 Å². The molecule has 2 heterocycles. The molecular weight excluding hydrogens is 670 g/mol. The summed E-state index contributed by atoms with van der Waals surface area (Å²) in [6, 6.07) is 10.6. The maximum atomic E-state index is 13.4. The van der Waals surface area contributed by atoms with E-state index in [-0.39, 0.29) is 48.4 Å². The molecule has 2 aromatic carbocycles. The van der Waals surface area contributed by atoms with Crippen LogP contribution in [0, 0.1) is 0 Å². The summed E-state index contributed by atoms with van der Waals surface area (Å²) in [5.74, 6) is 0.538. The highest BCUT2D eigenvalue weighted by Gasteiger charge is 2.46. The van der Waals surface area contributed by atoms with Crippen LogP contribution in [0.15, 0.2) is 56.7 Å². The molecule has 3 N–H and O–H groups in total. The fourth-order valence-electron chi connectivity index (χ4n) is 4.96. The van der Waals surface area contributed by atoms with Gasteiger partial charge in [0.15, 0.2) is 0 Å². The molecule has 2 atom stereocenters. The number of nitrogens with zero attached hydrogens (tertiary/aromatic N) is 1. The molecule has 2 aliphatic rings. The van der Waals surface area contributed by atoms with Gasteiger partial charge in [-0.3, -0.25) is 0 Å². The minimum Gasteiger partial charge on any atom is -0.492 e. The van der Waals surface area contributed by atoms with Crippen molar-refractivity contribution in [2.45, 2.75) is 53.8 Å². The SMILES string of the molecule is CCOc1cc(Br)ccc1S(=O)(=O)N1CCC2(CC1)C[C@H](OC(=O)NCC(O)COc1cccc(S(=O)(=O)NC)c1)CO2. The van der Waals surface area contributed by atoms with Crippen molar-refractivity contribution in [3.05, 3.63) is 46.9 Å². The number of aliphatic hydroxyl groups is 1. The summed E-state index contributed by atoms with van der Waals surface area (Å²) in [5.41, 5.74) is -0.595. The zero-order chi connectivity index (χ0) is 31.3. The number of alkyl carbamates (subject to hydrolysis) is 1. The molecule has 2 aliphatic heterocycles. The molecule has 0 saturated carbocycles. The Morgan fingerprint density at radius 3 is 2.60 bits per heavy atom. The van der Waals surface area contributed by atoms with Crippen LogP contribution >= 0.6 is 15.9 Å². The Labute approximate surface area is 260 Å². The summed E-state index contributed by atoms with van der Waals surface area (Å²) in [4.78, 5) is 12.5. The van der Waals surface area contributed by atoms with Crippen LogP contribution in [0.3, 0.4) is 0 Å². The van der Waals surface area contributed by atoms with Gasteiger partial charge in [-0.2, -0.15) is 4.31 Å². The summed E-state index contributed by atoms with van der Waals surface area (Å²) in [6.45, 7) is 2.46. The van der Waals surface area contributed by atoms with Gasteiger partial charge in [-0.05, 0) is 57.1 Å². The molecule has 1 unspecified atom stereocenters. The lowest BCUT2D eigenvalue weighted by Crippen LogP contribution is -2.46. The third-order valence-corrected chi connectivity index (χ3v) is 11.1. The van der Waals surface area contributed by atoms with E-state index in [1.165, 1.54) is 35.6 Å². The number of benzene rings is 2. The van der Waals surface area contributed by atoms with Crippen molar-refractivity contribution in [3.63, 3.8) is 0 Å². The Morgan fingerprint density at radius 2 is 1.91 bits per heavy atom. The number of halogens is 1. The highest BCUT2D eigenvalue weighted by atomic mass is 79.9. The summed E-state index contributed by atoms with van der Waals surface area (Å²) in [5, 5.41) is 12.7. The molecule has 1 amide bonds. The summed E-state index contributed by atoms with van der Waals surface area (Å²) in [6.07, 6.45) is -1.02. The van der Waals surface area contributed by atoms with Gasteiger partial charge in [-0.1, -0.05) is 22.0 Å². The fraction of sp³-hybridized carbons (Fsp3) is 0.519. The largest absolute Gasteiger partial charge is 0.492 e. The van der Waals surface area contributed by atoms with Crippen LogP contribution in [0.5, 0.6) is 11.5 Å². The van der Waals surface area contributed by atoms with E-state index in [0.717, 1.165) is 4.47 Å². The second kappa shape index (κ2) is 14.1. The van der Waals surface area contributed by atoms with E-state index in [9.17, 15) is 26.7 Å². The number of sulfonamides is 2. The number of carbonyl (C=O) groups excluding carboxylic acids is 1.